The zero-order valence-electron chi connectivity index (χ0n) is 19.7. The van der Waals surface area contributed by atoms with E-state index in [2.05, 4.69) is 10.3 Å². The van der Waals surface area contributed by atoms with Gasteiger partial charge in [-0.05, 0) is 47.4 Å². The van der Waals surface area contributed by atoms with E-state index in [-0.39, 0.29) is 29.2 Å². The molecule has 1 amide bonds. The van der Waals surface area contributed by atoms with Gasteiger partial charge in [0.25, 0.3) is 5.92 Å². The Morgan fingerprint density at radius 3 is 2.32 bits per heavy atom. The van der Waals surface area contributed by atoms with Crippen LogP contribution in [0.3, 0.4) is 0 Å². The predicted molar refractivity (Wildman–Crippen MR) is 127 cm³/mol. The second-order valence-corrected chi connectivity index (χ2v) is 9.86. The van der Waals surface area contributed by atoms with Gasteiger partial charge in [-0.2, -0.15) is 8.78 Å². The third kappa shape index (κ3) is 6.11. The molecular formula is C27H22ClF7N2O. The van der Waals surface area contributed by atoms with Gasteiger partial charge in [0.15, 0.2) is 0 Å². The van der Waals surface area contributed by atoms with Crippen molar-refractivity contribution < 1.29 is 35.5 Å². The Morgan fingerprint density at radius 1 is 1.05 bits per heavy atom. The SMILES string of the molecule is O=C(NCC(Cc1ccccc1)(c1cc(F)cc(CC(F)(F)C(F)F)c1)c1ccc(Cl)cn1)C1CC1(F)F. The molecule has 2 atom stereocenters. The average molecular weight is 559 g/mol. The lowest BCUT2D eigenvalue weighted by Crippen LogP contribution is -2.45. The number of halogens is 8. The lowest BCUT2D eigenvalue weighted by atomic mass is 9.72. The molecule has 2 aromatic carbocycles. The molecule has 1 aromatic heterocycles. The highest BCUT2D eigenvalue weighted by atomic mass is 35.5. The zero-order chi connectivity index (χ0) is 27.7. The molecule has 11 heteroatoms. The summed E-state index contributed by atoms with van der Waals surface area (Å²) in [5, 5.41) is 2.75. The number of amides is 1. The van der Waals surface area contributed by atoms with Gasteiger partial charge < -0.3 is 5.32 Å². The molecule has 1 saturated carbocycles. The van der Waals surface area contributed by atoms with Crippen LogP contribution < -0.4 is 5.32 Å². The van der Waals surface area contributed by atoms with E-state index >= 15 is 0 Å². The van der Waals surface area contributed by atoms with Gasteiger partial charge in [-0.1, -0.05) is 48.0 Å². The molecule has 0 spiro atoms. The maximum atomic E-state index is 14.8. The number of hydrogen-bond acceptors (Lipinski definition) is 2. The fraction of sp³-hybridized carbons (Fsp3) is 0.333. The standard InChI is InChI=1S/C27H22ClF7N2O/c28-19-6-7-22(36-14-19)25(11-16-4-2-1-3-5-16,15-37-23(38)21-13-26(21,32)33)18-8-17(9-20(29)10-18)12-27(34,35)24(30)31/h1-10,14,21,24H,11-13,15H2,(H,37,38). The van der Waals surface area contributed by atoms with Crippen molar-refractivity contribution in [3.05, 3.63) is 100 Å². The minimum Gasteiger partial charge on any atom is -0.354 e. The van der Waals surface area contributed by atoms with E-state index in [9.17, 15) is 35.5 Å². The summed E-state index contributed by atoms with van der Waals surface area (Å²) in [5.41, 5.74) is -0.941. The topological polar surface area (TPSA) is 42.0 Å². The third-order valence-corrected chi connectivity index (χ3v) is 6.77. The van der Waals surface area contributed by atoms with Crippen LogP contribution in [0.25, 0.3) is 0 Å². The second kappa shape index (κ2) is 10.6. The molecular weight excluding hydrogens is 537 g/mol. The van der Waals surface area contributed by atoms with Crippen molar-refractivity contribution in [3.63, 3.8) is 0 Å². The van der Waals surface area contributed by atoms with Gasteiger partial charge in [-0.3, -0.25) is 9.78 Å². The Morgan fingerprint density at radius 2 is 1.74 bits per heavy atom. The van der Waals surface area contributed by atoms with Crippen molar-refractivity contribution in [2.75, 3.05) is 6.54 Å². The summed E-state index contributed by atoms with van der Waals surface area (Å²) in [6.45, 7) is -0.365. The van der Waals surface area contributed by atoms with Crippen molar-refractivity contribution >= 4 is 17.5 Å². The predicted octanol–water partition coefficient (Wildman–Crippen LogP) is 6.62. The normalized spacial score (nSPS) is 18.2. The number of alkyl halides is 6. The molecule has 1 aliphatic rings. The van der Waals surface area contributed by atoms with E-state index in [0.717, 1.165) is 18.2 Å². The lowest BCUT2D eigenvalue weighted by Gasteiger charge is -2.35. The molecule has 0 saturated heterocycles. The number of nitrogens with zero attached hydrogens (tertiary/aromatic N) is 1. The largest absolute Gasteiger partial charge is 0.354 e. The Kier molecular flexibility index (Phi) is 7.74. The van der Waals surface area contributed by atoms with Gasteiger partial charge in [-0.15, -0.1) is 0 Å². The van der Waals surface area contributed by atoms with E-state index in [4.69, 9.17) is 11.6 Å². The van der Waals surface area contributed by atoms with Gasteiger partial charge in [0.05, 0.1) is 16.1 Å². The average Bonchev–Trinajstić information content (AvgIpc) is 3.50. The number of rotatable bonds is 10. The number of nitrogens with one attached hydrogen (secondary N) is 1. The summed E-state index contributed by atoms with van der Waals surface area (Å²) in [7, 11) is 0. The lowest BCUT2D eigenvalue weighted by molar-refractivity contribution is -0.127. The number of pyridine rings is 1. The Bertz CT molecular complexity index is 1290. The quantitative estimate of drug-likeness (QED) is 0.284. The number of carbonyl (C=O) groups is 1. The van der Waals surface area contributed by atoms with Gasteiger partial charge in [0, 0.05) is 25.6 Å². The van der Waals surface area contributed by atoms with E-state index in [1.807, 2.05) is 0 Å². The van der Waals surface area contributed by atoms with Gasteiger partial charge >= 0.3 is 12.3 Å². The van der Waals surface area contributed by atoms with E-state index < -0.39 is 59.7 Å². The number of benzene rings is 2. The minimum atomic E-state index is -4.42. The number of carbonyl (C=O) groups excluding carboxylic acids is 1. The minimum absolute atomic E-state index is 0.0257. The maximum absolute atomic E-state index is 14.8. The summed E-state index contributed by atoms with van der Waals surface area (Å²) < 4.78 is 95.6. The molecule has 0 aliphatic heterocycles. The summed E-state index contributed by atoms with van der Waals surface area (Å²) >= 11 is 6.00. The molecule has 3 aromatic rings. The summed E-state index contributed by atoms with van der Waals surface area (Å²) in [4.78, 5) is 16.9. The molecule has 1 N–H and O–H groups in total. The first-order valence-corrected chi connectivity index (χ1v) is 12.0. The molecule has 4 rings (SSSR count). The first kappa shape index (κ1) is 27.9. The molecule has 0 radical (unpaired) electrons. The first-order valence-electron chi connectivity index (χ1n) is 11.6. The molecule has 1 heterocycles. The van der Waals surface area contributed by atoms with Crippen LogP contribution in [0.4, 0.5) is 30.7 Å². The van der Waals surface area contributed by atoms with Gasteiger partial charge in [0.2, 0.25) is 5.91 Å². The monoisotopic (exact) mass is 558 g/mol. The number of aromatic nitrogens is 1. The summed E-state index contributed by atoms with van der Waals surface area (Å²) in [6.07, 6.45) is -4.71. The molecule has 202 valence electrons. The molecule has 0 bridgehead atoms. The van der Waals surface area contributed by atoms with Crippen LogP contribution in [-0.4, -0.2) is 35.7 Å². The molecule has 1 fully saturated rings. The molecule has 38 heavy (non-hydrogen) atoms. The van der Waals surface area contributed by atoms with Gasteiger partial charge in [0.1, 0.15) is 11.7 Å². The smallest absolute Gasteiger partial charge is 0.311 e. The van der Waals surface area contributed by atoms with E-state index in [0.29, 0.717) is 5.56 Å². The van der Waals surface area contributed by atoms with E-state index in [1.165, 1.54) is 18.3 Å². The van der Waals surface area contributed by atoms with Crippen LogP contribution in [0.2, 0.25) is 5.02 Å². The van der Waals surface area contributed by atoms with Crippen molar-refractivity contribution in [2.24, 2.45) is 5.92 Å². The van der Waals surface area contributed by atoms with Gasteiger partial charge in [-0.25, -0.2) is 22.0 Å². The van der Waals surface area contributed by atoms with Crippen LogP contribution in [0.15, 0.2) is 66.9 Å². The van der Waals surface area contributed by atoms with Crippen LogP contribution in [-0.2, 0) is 23.1 Å². The summed E-state index contributed by atoms with van der Waals surface area (Å²) in [6, 6.07) is 14.5. The molecule has 2 unspecified atom stereocenters. The second-order valence-electron chi connectivity index (χ2n) is 9.43. The highest BCUT2D eigenvalue weighted by Gasteiger charge is 2.61. The van der Waals surface area contributed by atoms with Crippen molar-refractivity contribution in [1.82, 2.24) is 10.3 Å². The third-order valence-electron chi connectivity index (χ3n) is 6.54. The first-order chi connectivity index (χ1) is 17.8. The Labute approximate surface area is 219 Å². The Balaban J connectivity index is 1.85. The van der Waals surface area contributed by atoms with Crippen molar-refractivity contribution in [2.45, 2.75) is 42.9 Å². The van der Waals surface area contributed by atoms with Crippen LogP contribution in [0, 0.1) is 11.7 Å². The fourth-order valence-corrected chi connectivity index (χ4v) is 4.55. The zero-order valence-corrected chi connectivity index (χ0v) is 20.5. The van der Waals surface area contributed by atoms with Crippen LogP contribution in [0.5, 0.6) is 0 Å². The van der Waals surface area contributed by atoms with E-state index in [1.54, 1.807) is 30.3 Å². The van der Waals surface area contributed by atoms with Crippen molar-refractivity contribution in [3.8, 4) is 0 Å². The highest BCUT2D eigenvalue weighted by Crippen LogP contribution is 2.49. The molecule has 1 aliphatic carbocycles. The number of hydrogen-bond donors (Lipinski definition) is 1. The van der Waals surface area contributed by atoms with Crippen LogP contribution in [0.1, 0.15) is 28.8 Å². The fourth-order valence-electron chi connectivity index (χ4n) is 4.44. The molecule has 3 nitrogen and oxygen atoms in total. The maximum Gasteiger partial charge on any atom is 0.311 e. The Hall–Kier alpha value is -3.14. The summed E-state index contributed by atoms with van der Waals surface area (Å²) in [5.74, 6) is -11.0. The van der Waals surface area contributed by atoms with Crippen molar-refractivity contribution in [1.29, 1.82) is 0 Å². The highest BCUT2D eigenvalue weighted by molar-refractivity contribution is 6.30. The van der Waals surface area contributed by atoms with Crippen LogP contribution >= 0.6 is 11.6 Å².